The molecule has 0 bridgehead atoms. The van der Waals surface area contributed by atoms with E-state index in [0.717, 1.165) is 0 Å². The number of esters is 1. The van der Waals surface area contributed by atoms with E-state index in [1.807, 2.05) is 0 Å². The summed E-state index contributed by atoms with van der Waals surface area (Å²) in [5.74, 6) is -0.507. The lowest BCUT2D eigenvalue weighted by atomic mass is 9.99. The van der Waals surface area contributed by atoms with Gasteiger partial charge in [0, 0.05) is 5.92 Å². The number of aliphatic hydroxyl groups is 1. The Balaban J connectivity index is 2.65. The van der Waals surface area contributed by atoms with Crippen LogP contribution in [-0.2, 0) is 9.53 Å². The van der Waals surface area contributed by atoms with Crippen molar-refractivity contribution in [2.75, 3.05) is 0 Å². The van der Waals surface area contributed by atoms with Crippen molar-refractivity contribution in [2.24, 2.45) is 11.8 Å². The molecule has 9 heavy (non-hydrogen) atoms. The van der Waals surface area contributed by atoms with Crippen molar-refractivity contribution in [3.8, 4) is 0 Å². The van der Waals surface area contributed by atoms with Crippen LogP contribution in [0.3, 0.4) is 0 Å². The molecule has 0 radical (unpaired) electrons. The summed E-state index contributed by atoms with van der Waals surface area (Å²) in [6, 6.07) is 0. The van der Waals surface area contributed by atoms with Crippen molar-refractivity contribution in [2.45, 2.75) is 20.1 Å². The Hall–Kier alpha value is -0.570. The highest BCUT2D eigenvalue weighted by molar-refractivity contribution is 5.74. The first-order valence-electron chi connectivity index (χ1n) is 3.01. The van der Waals surface area contributed by atoms with E-state index >= 15 is 0 Å². The number of carbonyl (C=O) groups excluding carboxylic acids is 1. The minimum absolute atomic E-state index is 0.0579. The van der Waals surface area contributed by atoms with E-state index in [1.165, 1.54) is 0 Å². The predicted octanol–water partition coefficient (Wildman–Crippen LogP) is 0.134. The first-order valence-corrected chi connectivity index (χ1v) is 3.01. The largest absolute Gasteiger partial charge is 0.435 e. The van der Waals surface area contributed by atoms with Crippen LogP contribution in [0.1, 0.15) is 13.8 Å². The number of hydrogen-bond acceptors (Lipinski definition) is 3. The van der Waals surface area contributed by atoms with Crippen LogP contribution < -0.4 is 0 Å². The zero-order valence-corrected chi connectivity index (χ0v) is 5.50. The molecule has 0 saturated carbocycles. The number of rotatable bonds is 0. The summed E-state index contributed by atoms with van der Waals surface area (Å²) in [7, 11) is 0. The summed E-state index contributed by atoms with van der Waals surface area (Å²) in [6.07, 6.45) is -0.882. The Labute approximate surface area is 53.6 Å². The molecule has 3 heteroatoms. The average Bonchev–Trinajstić information content (AvgIpc) is 1.98. The number of ether oxygens (including phenoxy) is 1. The fourth-order valence-corrected chi connectivity index (χ4v) is 0.795. The van der Waals surface area contributed by atoms with Gasteiger partial charge >= 0.3 is 5.97 Å². The van der Waals surface area contributed by atoms with Crippen LogP contribution in [-0.4, -0.2) is 17.4 Å². The molecule has 1 rings (SSSR count). The van der Waals surface area contributed by atoms with Gasteiger partial charge in [0.1, 0.15) is 0 Å². The minimum atomic E-state index is -0.882. The summed E-state index contributed by atoms with van der Waals surface area (Å²) >= 11 is 0. The van der Waals surface area contributed by atoms with Crippen molar-refractivity contribution in [1.82, 2.24) is 0 Å². The molecule has 3 atom stereocenters. The normalized spacial score (nSPS) is 43.0. The Bertz CT molecular complexity index is 132. The van der Waals surface area contributed by atoms with Gasteiger partial charge in [-0.1, -0.05) is 13.8 Å². The van der Waals surface area contributed by atoms with Gasteiger partial charge in [-0.15, -0.1) is 0 Å². The number of cyclic esters (lactones) is 1. The van der Waals surface area contributed by atoms with E-state index in [1.54, 1.807) is 13.8 Å². The van der Waals surface area contributed by atoms with Crippen molar-refractivity contribution in [3.05, 3.63) is 0 Å². The Kier molecular flexibility index (Phi) is 1.45. The first kappa shape index (κ1) is 6.55. The Morgan fingerprint density at radius 2 is 2.11 bits per heavy atom. The van der Waals surface area contributed by atoms with Gasteiger partial charge in [0.2, 0.25) is 6.29 Å². The van der Waals surface area contributed by atoms with Crippen molar-refractivity contribution in [3.63, 3.8) is 0 Å². The second-order valence-corrected chi connectivity index (χ2v) is 2.48. The summed E-state index contributed by atoms with van der Waals surface area (Å²) in [5.41, 5.74) is 0. The highest BCUT2D eigenvalue weighted by Crippen LogP contribution is 2.25. The summed E-state index contributed by atoms with van der Waals surface area (Å²) < 4.78 is 4.50. The quantitative estimate of drug-likeness (QED) is 0.474. The number of aliphatic hydroxyl groups excluding tert-OH is 1. The third-order valence-electron chi connectivity index (χ3n) is 1.85. The molecule has 3 nitrogen and oxygen atoms in total. The molecule has 1 saturated heterocycles. The third kappa shape index (κ3) is 0.920. The van der Waals surface area contributed by atoms with E-state index in [2.05, 4.69) is 4.74 Å². The topological polar surface area (TPSA) is 46.5 Å². The van der Waals surface area contributed by atoms with Crippen molar-refractivity contribution >= 4 is 5.97 Å². The van der Waals surface area contributed by atoms with Gasteiger partial charge in [0.15, 0.2) is 0 Å². The molecule has 0 aromatic heterocycles. The predicted molar refractivity (Wildman–Crippen MR) is 30.4 cm³/mol. The van der Waals surface area contributed by atoms with E-state index in [9.17, 15) is 4.79 Å². The molecule has 1 fully saturated rings. The van der Waals surface area contributed by atoms with Gasteiger partial charge < -0.3 is 9.84 Å². The second-order valence-electron chi connectivity index (χ2n) is 2.48. The van der Waals surface area contributed by atoms with Gasteiger partial charge in [-0.3, -0.25) is 4.79 Å². The molecule has 0 aromatic carbocycles. The van der Waals surface area contributed by atoms with Crippen LogP contribution in [0.5, 0.6) is 0 Å². The molecule has 0 aliphatic carbocycles. The van der Waals surface area contributed by atoms with Gasteiger partial charge in [-0.25, -0.2) is 0 Å². The minimum Gasteiger partial charge on any atom is -0.435 e. The lowest BCUT2D eigenvalue weighted by Crippen LogP contribution is -2.14. The molecular weight excluding hydrogens is 120 g/mol. The molecule has 52 valence electrons. The SMILES string of the molecule is C[C@@H]1[C@H](O)OC(=O)[C@@H]1C. The van der Waals surface area contributed by atoms with Gasteiger partial charge in [0.25, 0.3) is 0 Å². The maximum atomic E-state index is 10.6. The van der Waals surface area contributed by atoms with Crippen molar-refractivity contribution in [1.29, 1.82) is 0 Å². The van der Waals surface area contributed by atoms with Gasteiger partial charge in [-0.2, -0.15) is 0 Å². The van der Waals surface area contributed by atoms with E-state index in [-0.39, 0.29) is 17.8 Å². The van der Waals surface area contributed by atoms with Crippen molar-refractivity contribution < 1.29 is 14.6 Å². The summed E-state index contributed by atoms with van der Waals surface area (Å²) in [6.45, 7) is 3.55. The van der Waals surface area contributed by atoms with Gasteiger partial charge in [0.05, 0.1) is 5.92 Å². The van der Waals surface area contributed by atoms with E-state index in [0.29, 0.717) is 0 Å². The summed E-state index contributed by atoms with van der Waals surface area (Å²) in [4.78, 5) is 10.6. The van der Waals surface area contributed by atoms with Crippen LogP contribution in [0.4, 0.5) is 0 Å². The number of hydrogen-bond donors (Lipinski definition) is 1. The van der Waals surface area contributed by atoms with Crippen LogP contribution in [0, 0.1) is 11.8 Å². The lowest BCUT2D eigenvalue weighted by molar-refractivity contribution is -0.156. The van der Waals surface area contributed by atoms with Crippen LogP contribution in [0.2, 0.25) is 0 Å². The molecule has 1 aliphatic rings. The summed E-state index contributed by atoms with van der Waals surface area (Å²) in [5, 5.41) is 8.90. The maximum Gasteiger partial charge on any atom is 0.311 e. The standard InChI is InChI=1S/C6H10O3/c1-3-4(2)6(8)9-5(3)7/h3-5,7H,1-2H3/t3-,4+,5+/m0/s1. The second kappa shape index (κ2) is 1.99. The highest BCUT2D eigenvalue weighted by atomic mass is 16.6. The van der Waals surface area contributed by atoms with E-state index in [4.69, 9.17) is 5.11 Å². The van der Waals surface area contributed by atoms with E-state index < -0.39 is 6.29 Å². The highest BCUT2D eigenvalue weighted by Gasteiger charge is 2.37. The zero-order valence-electron chi connectivity index (χ0n) is 5.50. The lowest BCUT2D eigenvalue weighted by Gasteiger charge is -2.05. The molecule has 0 amide bonds. The molecule has 1 aliphatic heterocycles. The molecule has 1 N–H and O–H groups in total. The maximum absolute atomic E-state index is 10.6. The molecule has 0 spiro atoms. The first-order chi connectivity index (χ1) is 4.13. The number of carbonyl (C=O) groups is 1. The fraction of sp³-hybridized carbons (Fsp3) is 0.833. The monoisotopic (exact) mass is 130 g/mol. The Morgan fingerprint density at radius 3 is 2.22 bits per heavy atom. The average molecular weight is 130 g/mol. The molecule has 0 unspecified atom stereocenters. The van der Waals surface area contributed by atoms with Crippen LogP contribution in [0.25, 0.3) is 0 Å². The molecule has 1 heterocycles. The molecular formula is C6H10O3. The Morgan fingerprint density at radius 1 is 1.56 bits per heavy atom. The molecule has 0 aromatic rings. The fourth-order valence-electron chi connectivity index (χ4n) is 0.795. The van der Waals surface area contributed by atoms with Crippen LogP contribution in [0.15, 0.2) is 0 Å². The van der Waals surface area contributed by atoms with Crippen LogP contribution >= 0.6 is 0 Å². The third-order valence-corrected chi connectivity index (χ3v) is 1.85. The smallest absolute Gasteiger partial charge is 0.311 e. The zero-order chi connectivity index (χ0) is 7.02. The van der Waals surface area contributed by atoms with Gasteiger partial charge in [-0.05, 0) is 0 Å².